The highest BCUT2D eigenvalue weighted by atomic mass is 32.3. The molecule has 138 valence electrons. The van der Waals surface area contributed by atoms with Crippen LogP contribution in [-0.2, 0) is 30.8 Å². The van der Waals surface area contributed by atoms with Gasteiger partial charge in [0, 0.05) is 13.1 Å². The van der Waals surface area contributed by atoms with Gasteiger partial charge >= 0.3 is 16.5 Å². The quantitative estimate of drug-likeness (QED) is 0.322. The number of amides is 1. The van der Waals surface area contributed by atoms with Crippen molar-refractivity contribution in [3.63, 3.8) is 0 Å². The zero-order valence-corrected chi connectivity index (χ0v) is 14.5. The molecule has 0 aromatic heterocycles. The number of hydroxylamine groups is 1. The molecular formula is C14H24N2O7S. The molecule has 0 saturated carbocycles. The van der Waals surface area contributed by atoms with E-state index in [1.54, 1.807) is 0 Å². The summed E-state index contributed by atoms with van der Waals surface area (Å²) in [7, 11) is -4.43. The number of nitrogens with one attached hydrogen (secondary N) is 2. The van der Waals surface area contributed by atoms with E-state index in [9.17, 15) is 13.2 Å². The molecule has 9 nitrogen and oxygen atoms in total. The van der Waals surface area contributed by atoms with Gasteiger partial charge < -0.3 is 10.1 Å². The van der Waals surface area contributed by atoms with Gasteiger partial charge in [-0.25, -0.2) is 14.5 Å². The van der Waals surface area contributed by atoms with E-state index in [1.807, 2.05) is 44.2 Å². The molecule has 0 radical (unpaired) electrons. The van der Waals surface area contributed by atoms with Gasteiger partial charge in [0.2, 0.25) is 0 Å². The Morgan fingerprint density at radius 2 is 1.79 bits per heavy atom. The lowest BCUT2D eigenvalue weighted by Crippen LogP contribution is -2.30. The van der Waals surface area contributed by atoms with Crippen molar-refractivity contribution < 1.29 is 31.5 Å². The number of hydrogen-bond donors (Lipinski definition) is 3. The van der Waals surface area contributed by atoms with Gasteiger partial charge in [0.15, 0.2) is 0 Å². The van der Waals surface area contributed by atoms with Crippen molar-refractivity contribution in [3.05, 3.63) is 35.9 Å². The second-order valence-electron chi connectivity index (χ2n) is 3.98. The number of hydrogen-bond acceptors (Lipinski definition) is 7. The molecule has 0 saturated heterocycles. The molecule has 0 spiro atoms. The summed E-state index contributed by atoms with van der Waals surface area (Å²) in [5.74, 6) is 0. The van der Waals surface area contributed by atoms with E-state index >= 15 is 0 Å². The fourth-order valence-electron chi connectivity index (χ4n) is 1.31. The first-order valence-electron chi connectivity index (χ1n) is 7.38. The summed E-state index contributed by atoms with van der Waals surface area (Å²) >= 11 is 0. The summed E-state index contributed by atoms with van der Waals surface area (Å²) < 4.78 is 37.7. The van der Waals surface area contributed by atoms with Crippen molar-refractivity contribution in [1.29, 1.82) is 0 Å². The van der Waals surface area contributed by atoms with E-state index in [-0.39, 0.29) is 32.9 Å². The predicted octanol–water partition coefficient (Wildman–Crippen LogP) is 1.28. The molecule has 24 heavy (non-hydrogen) atoms. The molecule has 0 aliphatic heterocycles. The van der Waals surface area contributed by atoms with E-state index in [0.29, 0.717) is 0 Å². The molecule has 3 N–H and O–H groups in total. The van der Waals surface area contributed by atoms with Crippen LogP contribution in [0.5, 0.6) is 0 Å². The smallest absolute Gasteiger partial charge is 0.407 e. The lowest BCUT2D eigenvalue weighted by molar-refractivity contribution is 0.0349. The number of rotatable bonds is 10. The van der Waals surface area contributed by atoms with Crippen LogP contribution >= 0.6 is 0 Å². The first kappa shape index (κ1) is 22.3. The Kier molecular flexibility index (Phi) is 12.7. The lowest BCUT2D eigenvalue weighted by Gasteiger charge is -2.08. The molecule has 1 aromatic carbocycles. The number of carbonyl (C=O) groups excluding carboxylic acids is 1. The normalized spacial score (nSPS) is 10.5. The first-order valence-corrected chi connectivity index (χ1v) is 8.75. The van der Waals surface area contributed by atoms with E-state index in [2.05, 4.69) is 15.0 Å². The second kappa shape index (κ2) is 13.7. The van der Waals surface area contributed by atoms with Gasteiger partial charge in [0.05, 0.1) is 13.2 Å². The van der Waals surface area contributed by atoms with Crippen molar-refractivity contribution in [3.8, 4) is 0 Å². The van der Waals surface area contributed by atoms with Crippen LogP contribution in [0.25, 0.3) is 0 Å². The van der Waals surface area contributed by atoms with Gasteiger partial charge in [-0.15, -0.1) is 0 Å². The molecule has 0 fully saturated rings. The Bertz CT molecular complexity index is 537. The highest BCUT2D eigenvalue weighted by Gasteiger charge is 2.03. The van der Waals surface area contributed by atoms with Crippen LogP contribution in [0.2, 0.25) is 0 Å². The Morgan fingerprint density at radius 1 is 1.12 bits per heavy atom. The summed E-state index contributed by atoms with van der Waals surface area (Å²) in [5, 5.41) is 2.47. The van der Waals surface area contributed by atoms with Crippen molar-refractivity contribution in [1.82, 2.24) is 10.8 Å². The van der Waals surface area contributed by atoms with Gasteiger partial charge in [-0.1, -0.05) is 44.2 Å². The second-order valence-corrected chi connectivity index (χ2v) is 5.07. The monoisotopic (exact) mass is 364 g/mol. The maximum absolute atomic E-state index is 11.3. The molecule has 0 heterocycles. The summed E-state index contributed by atoms with van der Waals surface area (Å²) in [4.78, 5) is 16.2. The minimum absolute atomic E-state index is 0.0538. The SMILES string of the molecule is CC.O=C(NCCONCCOS(=O)(=O)O)OCc1ccccc1. The van der Waals surface area contributed by atoms with Crippen LogP contribution in [-0.4, -0.2) is 45.4 Å². The number of alkyl carbamates (subject to hydrolysis) is 1. The van der Waals surface area contributed by atoms with Crippen molar-refractivity contribution >= 4 is 16.5 Å². The maximum atomic E-state index is 11.3. The average Bonchev–Trinajstić information content (AvgIpc) is 2.57. The minimum Gasteiger partial charge on any atom is -0.445 e. The Balaban J connectivity index is 0.00000254. The highest BCUT2D eigenvalue weighted by Crippen LogP contribution is 2.00. The van der Waals surface area contributed by atoms with E-state index in [1.165, 1.54) is 0 Å². The molecule has 10 heteroatoms. The molecule has 0 atom stereocenters. The lowest BCUT2D eigenvalue weighted by atomic mass is 10.2. The predicted molar refractivity (Wildman–Crippen MR) is 87.4 cm³/mol. The van der Waals surface area contributed by atoms with Crippen molar-refractivity contribution in [2.75, 3.05) is 26.3 Å². The third kappa shape index (κ3) is 13.9. The highest BCUT2D eigenvalue weighted by molar-refractivity contribution is 7.80. The van der Waals surface area contributed by atoms with Crippen LogP contribution < -0.4 is 10.8 Å². The molecule has 1 aromatic rings. The fraction of sp³-hybridized carbons (Fsp3) is 0.500. The van der Waals surface area contributed by atoms with E-state index < -0.39 is 16.5 Å². The van der Waals surface area contributed by atoms with Gasteiger partial charge in [-0.2, -0.15) is 8.42 Å². The minimum atomic E-state index is -4.43. The summed E-state index contributed by atoms with van der Waals surface area (Å²) in [6.45, 7) is 4.31. The zero-order chi connectivity index (χ0) is 18.3. The largest absolute Gasteiger partial charge is 0.445 e. The Morgan fingerprint density at radius 3 is 2.42 bits per heavy atom. The Labute approximate surface area is 142 Å². The van der Waals surface area contributed by atoms with Gasteiger partial charge in [-0.05, 0) is 5.56 Å². The molecule has 1 rings (SSSR count). The summed E-state index contributed by atoms with van der Waals surface area (Å²) in [6.07, 6.45) is -0.567. The van der Waals surface area contributed by atoms with E-state index in [4.69, 9.17) is 14.1 Å². The molecule has 0 aliphatic rings. The van der Waals surface area contributed by atoms with Crippen molar-refractivity contribution in [2.24, 2.45) is 0 Å². The van der Waals surface area contributed by atoms with Crippen LogP contribution in [0.3, 0.4) is 0 Å². The summed E-state index contributed by atoms with van der Waals surface area (Å²) in [5.41, 5.74) is 3.28. The first-order chi connectivity index (χ1) is 11.5. The molecule has 0 aliphatic carbocycles. The molecule has 0 bridgehead atoms. The Hall–Kier alpha value is -1.72. The molecular weight excluding hydrogens is 340 g/mol. The molecule has 0 unspecified atom stereocenters. The van der Waals surface area contributed by atoms with E-state index in [0.717, 1.165) is 5.56 Å². The fourth-order valence-corrected chi connectivity index (χ4v) is 1.61. The molecule has 1 amide bonds. The van der Waals surface area contributed by atoms with Crippen LogP contribution in [0.15, 0.2) is 30.3 Å². The van der Waals surface area contributed by atoms with Gasteiger partial charge in [-0.3, -0.25) is 9.39 Å². The third-order valence-electron chi connectivity index (χ3n) is 2.22. The van der Waals surface area contributed by atoms with Crippen molar-refractivity contribution in [2.45, 2.75) is 20.5 Å². The summed E-state index contributed by atoms with van der Waals surface area (Å²) in [6, 6.07) is 9.25. The number of benzene rings is 1. The van der Waals surface area contributed by atoms with Crippen LogP contribution in [0.1, 0.15) is 19.4 Å². The standard InChI is InChI=1S/C12H18N2O7S.C2H6/c15-12(19-10-11-4-2-1-3-5-11)13-6-8-20-14-7-9-21-22(16,17)18;1-2/h1-5,14H,6-10H2,(H,13,15)(H,16,17,18);1-2H3. The number of ether oxygens (including phenoxy) is 1. The maximum Gasteiger partial charge on any atom is 0.407 e. The van der Waals surface area contributed by atoms with Crippen LogP contribution in [0, 0.1) is 0 Å². The van der Waals surface area contributed by atoms with Crippen LogP contribution in [0.4, 0.5) is 4.79 Å². The zero-order valence-electron chi connectivity index (χ0n) is 13.7. The number of carbonyl (C=O) groups is 1. The third-order valence-corrected chi connectivity index (χ3v) is 2.69. The van der Waals surface area contributed by atoms with Gasteiger partial charge in [0.1, 0.15) is 6.61 Å². The topological polar surface area (TPSA) is 123 Å². The average molecular weight is 364 g/mol. The van der Waals surface area contributed by atoms with Gasteiger partial charge in [0.25, 0.3) is 0 Å².